The molecule has 2 heterocycles. The van der Waals surface area contributed by atoms with Crippen LogP contribution in [-0.2, 0) is 0 Å². The number of hydrogen-bond donors (Lipinski definition) is 1. The summed E-state index contributed by atoms with van der Waals surface area (Å²) in [5.74, 6) is 1.48. The smallest absolute Gasteiger partial charge is 0.231 e. The number of H-pyrrole nitrogens is 1. The van der Waals surface area contributed by atoms with Crippen LogP contribution in [0.4, 0.5) is 0 Å². The van der Waals surface area contributed by atoms with Crippen molar-refractivity contribution in [3.05, 3.63) is 34.9 Å². The van der Waals surface area contributed by atoms with Gasteiger partial charge in [0.1, 0.15) is 6.33 Å². The summed E-state index contributed by atoms with van der Waals surface area (Å²) in [6.07, 6.45) is 3.18. The van der Waals surface area contributed by atoms with Crippen molar-refractivity contribution in [2.75, 3.05) is 6.79 Å². The van der Waals surface area contributed by atoms with Crippen molar-refractivity contribution in [1.29, 1.82) is 0 Å². The molecule has 2 aromatic rings. The van der Waals surface area contributed by atoms with Gasteiger partial charge in [-0.3, -0.25) is 5.10 Å². The van der Waals surface area contributed by atoms with E-state index in [1.54, 1.807) is 6.21 Å². The van der Waals surface area contributed by atoms with E-state index in [1.165, 1.54) is 11.0 Å². The van der Waals surface area contributed by atoms with Gasteiger partial charge in [-0.25, -0.2) is 0 Å². The van der Waals surface area contributed by atoms with Gasteiger partial charge in [0.25, 0.3) is 0 Å². The molecule has 0 fully saturated rings. The molecule has 1 aliphatic rings. The van der Waals surface area contributed by atoms with Crippen LogP contribution in [0.15, 0.2) is 29.6 Å². The predicted molar refractivity (Wildman–Crippen MR) is 63.0 cm³/mol. The first-order valence-electron chi connectivity index (χ1n) is 4.89. The zero-order valence-corrected chi connectivity index (χ0v) is 9.48. The van der Waals surface area contributed by atoms with E-state index in [1.807, 2.05) is 18.2 Å². The van der Waals surface area contributed by atoms with Crippen LogP contribution in [0.3, 0.4) is 0 Å². The minimum absolute atomic E-state index is 0.267. The Morgan fingerprint density at radius 2 is 2.29 bits per heavy atom. The average molecular weight is 248 g/mol. The van der Waals surface area contributed by atoms with Crippen LogP contribution in [0, 0.1) is 4.77 Å². The fourth-order valence-corrected chi connectivity index (χ4v) is 1.59. The molecule has 0 radical (unpaired) electrons. The van der Waals surface area contributed by atoms with Crippen LogP contribution < -0.4 is 9.47 Å². The number of hydrogen-bond acceptors (Lipinski definition) is 5. The first kappa shape index (κ1) is 10.0. The van der Waals surface area contributed by atoms with Crippen LogP contribution in [0.5, 0.6) is 11.5 Å². The molecule has 0 spiro atoms. The lowest BCUT2D eigenvalue weighted by molar-refractivity contribution is 0.174. The summed E-state index contributed by atoms with van der Waals surface area (Å²) >= 11 is 4.97. The SMILES string of the molecule is S=c1[nH]ncn1/N=C\c1ccc2c(c1)OCO2. The Morgan fingerprint density at radius 1 is 1.41 bits per heavy atom. The van der Waals surface area contributed by atoms with Crippen LogP contribution in [0.25, 0.3) is 0 Å². The molecule has 1 aliphatic heterocycles. The molecule has 6 nitrogen and oxygen atoms in total. The zero-order valence-electron chi connectivity index (χ0n) is 8.66. The molecule has 86 valence electrons. The maximum atomic E-state index is 5.27. The summed E-state index contributed by atoms with van der Waals surface area (Å²) in [7, 11) is 0. The lowest BCUT2D eigenvalue weighted by Crippen LogP contribution is -1.93. The van der Waals surface area contributed by atoms with Crippen molar-refractivity contribution >= 4 is 18.4 Å². The van der Waals surface area contributed by atoms with Crippen molar-refractivity contribution in [3.63, 3.8) is 0 Å². The standard InChI is InChI=1S/C10H8N4O2S/c17-10-13-11-5-14(10)12-4-7-1-2-8-9(3-7)16-6-15-8/h1-5H,6H2,(H,13,17)/b12-4-. The molecule has 0 bridgehead atoms. The van der Waals surface area contributed by atoms with Gasteiger partial charge in [-0.1, -0.05) is 0 Å². The summed E-state index contributed by atoms with van der Waals surface area (Å²) in [5, 5.41) is 10.5. The van der Waals surface area contributed by atoms with Crippen molar-refractivity contribution in [1.82, 2.24) is 14.9 Å². The molecule has 7 heteroatoms. The van der Waals surface area contributed by atoms with Gasteiger partial charge < -0.3 is 9.47 Å². The number of nitrogens with one attached hydrogen (secondary N) is 1. The molecule has 17 heavy (non-hydrogen) atoms. The van der Waals surface area contributed by atoms with E-state index in [0.717, 1.165) is 17.1 Å². The highest BCUT2D eigenvalue weighted by molar-refractivity contribution is 7.71. The molecular weight excluding hydrogens is 240 g/mol. The number of aromatic nitrogens is 3. The summed E-state index contributed by atoms with van der Waals surface area (Å²) < 4.78 is 12.4. The van der Waals surface area contributed by atoms with E-state index in [0.29, 0.717) is 4.77 Å². The van der Waals surface area contributed by atoms with Crippen LogP contribution in [-0.4, -0.2) is 27.9 Å². The topological polar surface area (TPSA) is 64.4 Å². The van der Waals surface area contributed by atoms with Gasteiger partial charge in [0.05, 0.1) is 6.21 Å². The largest absolute Gasteiger partial charge is 0.454 e. The third-order valence-electron chi connectivity index (χ3n) is 2.26. The molecule has 1 N–H and O–H groups in total. The molecule has 0 saturated carbocycles. The van der Waals surface area contributed by atoms with Crippen molar-refractivity contribution in [2.45, 2.75) is 0 Å². The number of fused-ring (bicyclic) bond motifs is 1. The Kier molecular flexibility index (Phi) is 2.37. The van der Waals surface area contributed by atoms with Gasteiger partial charge in [-0.2, -0.15) is 14.9 Å². The Morgan fingerprint density at radius 3 is 3.12 bits per heavy atom. The highest BCUT2D eigenvalue weighted by Crippen LogP contribution is 2.31. The van der Waals surface area contributed by atoms with E-state index in [9.17, 15) is 0 Å². The van der Waals surface area contributed by atoms with Gasteiger partial charge in [0, 0.05) is 0 Å². The number of ether oxygens (including phenoxy) is 2. The lowest BCUT2D eigenvalue weighted by Gasteiger charge is -1.97. The first-order chi connectivity index (χ1) is 8.33. The van der Waals surface area contributed by atoms with E-state index in [2.05, 4.69) is 15.3 Å². The zero-order chi connectivity index (χ0) is 11.7. The van der Waals surface area contributed by atoms with Gasteiger partial charge in [0.15, 0.2) is 11.5 Å². The van der Waals surface area contributed by atoms with Gasteiger partial charge in [0.2, 0.25) is 11.6 Å². The average Bonchev–Trinajstić information content (AvgIpc) is 2.94. The van der Waals surface area contributed by atoms with Gasteiger partial charge in [-0.15, -0.1) is 0 Å². The monoisotopic (exact) mass is 248 g/mol. The third kappa shape index (κ3) is 1.92. The second-order valence-corrected chi connectivity index (χ2v) is 3.75. The van der Waals surface area contributed by atoms with Gasteiger partial charge >= 0.3 is 0 Å². The van der Waals surface area contributed by atoms with Crippen molar-refractivity contribution in [2.24, 2.45) is 5.10 Å². The Balaban J connectivity index is 1.89. The summed E-state index contributed by atoms with van der Waals surface area (Å²) in [6.45, 7) is 0.267. The van der Waals surface area contributed by atoms with Gasteiger partial charge in [-0.05, 0) is 36.0 Å². The molecule has 1 aromatic heterocycles. The number of benzene rings is 1. The van der Waals surface area contributed by atoms with Crippen LogP contribution in [0.1, 0.15) is 5.56 Å². The van der Waals surface area contributed by atoms with Crippen LogP contribution in [0.2, 0.25) is 0 Å². The normalized spacial score (nSPS) is 13.4. The molecule has 3 rings (SSSR count). The summed E-state index contributed by atoms with van der Waals surface area (Å²) in [6, 6.07) is 5.59. The minimum Gasteiger partial charge on any atom is -0.454 e. The molecular formula is C10H8N4O2S. The molecule has 0 aliphatic carbocycles. The summed E-state index contributed by atoms with van der Waals surface area (Å²) in [5.41, 5.74) is 0.900. The van der Waals surface area contributed by atoms with E-state index in [-0.39, 0.29) is 6.79 Å². The van der Waals surface area contributed by atoms with Crippen LogP contribution >= 0.6 is 12.2 Å². The predicted octanol–water partition coefficient (Wildman–Crippen LogP) is 1.55. The maximum absolute atomic E-state index is 5.27. The Labute approximate surface area is 101 Å². The third-order valence-corrected chi connectivity index (χ3v) is 2.54. The quantitative estimate of drug-likeness (QED) is 0.647. The van der Waals surface area contributed by atoms with E-state index >= 15 is 0 Å². The molecule has 0 unspecified atom stereocenters. The fraction of sp³-hybridized carbons (Fsp3) is 0.100. The number of aromatic amines is 1. The lowest BCUT2D eigenvalue weighted by atomic mass is 10.2. The van der Waals surface area contributed by atoms with E-state index < -0.39 is 0 Å². The Hall–Kier alpha value is -2.15. The molecule has 0 amide bonds. The Bertz CT molecular complexity index is 631. The summed E-state index contributed by atoms with van der Waals surface area (Å²) in [4.78, 5) is 0. The number of rotatable bonds is 2. The van der Waals surface area contributed by atoms with Crippen molar-refractivity contribution in [3.8, 4) is 11.5 Å². The highest BCUT2D eigenvalue weighted by atomic mass is 32.1. The highest BCUT2D eigenvalue weighted by Gasteiger charge is 2.12. The minimum atomic E-state index is 0.267. The van der Waals surface area contributed by atoms with E-state index in [4.69, 9.17) is 21.7 Å². The first-order valence-corrected chi connectivity index (χ1v) is 5.30. The van der Waals surface area contributed by atoms with Crippen molar-refractivity contribution < 1.29 is 9.47 Å². The molecule has 0 saturated heterocycles. The second-order valence-electron chi connectivity index (χ2n) is 3.36. The molecule has 0 atom stereocenters. The molecule has 1 aromatic carbocycles. The number of nitrogens with zero attached hydrogens (tertiary/aromatic N) is 3. The second kappa shape index (κ2) is 4.02. The fourth-order valence-electron chi connectivity index (χ4n) is 1.45. The maximum Gasteiger partial charge on any atom is 0.231 e.